The number of pyridine rings is 1. The average Bonchev–Trinajstić information content (AvgIpc) is 3.14. The van der Waals surface area contributed by atoms with Gasteiger partial charge in [0.2, 0.25) is 5.91 Å². The van der Waals surface area contributed by atoms with E-state index in [0.717, 1.165) is 51.4 Å². The zero-order valence-electron chi connectivity index (χ0n) is 19.9. The molecule has 3 aromatic rings. The second-order valence-electron chi connectivity index (χ2n) is 10.7. The summed E-state index contributed by atoms with van der Waals surface area (Å²) in [6, 6.07) is 20.1. The van der Waals surface area contributed by atoms with Gasteiger partial charge < -0.3 is 9.64 Å². The van der Waals surface area contributed by atoms with Crippen molar-refractivity contribution in [2.24, 2.45) is 11.3 Å². The number of piperidine rings is 1. The minimum atomic E-state index is -0.311. The summed E-state index contributed by atoms with van der Waals surface area (Å²) in [7, 11) is 0. The molecule has 2 atom stereocenters. The van der Waals surface area contributed by atoms with Crippen LogP contribution >= 0.6 is 0 Å². The lowest BCUT2D eigenvalue weighted by Crippen LogP contribution is -2.55. The highest BCUT2D eigenvalue weighted by molar-refractivity contribution is 5.85. The highest BCUT2D eigenvalue weighted by atomic mass is 16.5. The Morgan fingerprint density at radius 3 is 2.50 bits per heavy atom. The monoisotopic (exact) mass is 454 g/mol. The predicted octanol–water partition coefficient (Wildman–Crippen LogP) is 5.59. The fourth-order valence-electron chi connectivity index (χ4n) is 6.94. The molecule has 6 rings (SSSR count). The van der Waals surface area contributed by atoms with Crippen LogP contribution in [0.5, 0.6) is 0 Å². The van der Waals surface area contributed by atoms with E-state index in [2.05, 4.69) is 64.5 Å². The molecule has 4 heterocycles. The molecule has 34 heavy (non-hydrogen) atoms. The molecular weight excluding hydrogens is 420 g/mol. The molecular formula is C30H34N2O2. The Bertz CT molecular complexity index is 1140. The first kappa shape index (κ1) is 21.8. The molecule has 4 heteroatoms. The lowest BCUT2D eigenvalue weighted by atomic mass is 9.73. The van der Waals surface area contributed by atoms with Crippen molar-refractivity contribution in [1.29, 1.82) is 0 Å². The first-order valence-corrected chi connectivity index (χ1v) is 13.0. The van der Waals surface area contributed by atoms with E-state index in [-0.39, 0.29) is 5.41 Å². The molecule has 0 radical (unpaired) electrons. The van der Waals surface area contributed by atoms with E-state index in [1.807, 2.05) is 12.4 Å². The maximum absolute atomic E-state index is 14.2. The number of aromatic nitrogens is 1. The fraction of sp³-hybridized carbons (Fsp3) is 0.467. The third-order valence-electron chi connectivity index (χ3n) is 8.64. The van der Waals surface area contributed by atoms with E-state index in [1.54, 1.807) is 0 Å². The van der Waals surface area contributed by atoms with Crippen molar-refractivity contribution in [2.45, 2.75) is 63.5 Å². The highest BCUT2D eigenvalue weighted by Crippen LogP contribution is 2.45. The highest BCUT2D eigenvalue weighted by Gasteiger charge is 2.50. The number of rotatable bonds is 5. The van der Waals surface area contributed by atoms with Gasteiger partial charge in [-0.1, -0.05) is 48.5 Å². The maximum atomic E-state index is 14.2. The van der Waals surface area contributed by atoms with Gasteiger partial charge in [0.1, 0.15) is 0 Å². The van der Waals surface area contributed by atoms with E-state index in [1.165, 1.54) is 21.9 Å². The van der Waals surface area contributed by atoms with Crippen LogP contribution in [0, 0.1) is 11.3 Å². The Kier molecular flexibility index (Phi) is 5.86. The van der Waals surface area contributed by atoms with Crippen LogP contribution in [0.1, 0.15) is 49.7 Å². The van der Waals surface area contributed by atoms with Gasteiger partial charge in [-0.2, -0.15) is 0 Å². The molecule has 1 amide bonds. The minimum absolute atomic E-state index is 0.311. The van der Waals surface area contributed by atoms with Crippen LogP contribution in [-0.4, -0.2) is 41.1 Å². The number of ether oxygens (including phenoxy) is 1. The topological polar surface area (TPSA) is 42.4 Å². The number of carbonyl (C=O) groups excluding carboxylic acids is 1. The van der Waals surface area contributed by atoms with Gasteiger partial charge in [-0.3, -0.25) is 9.78 Å². The molecule has 176 valence electrons. The van der Waals surface area contributed by atoms with Crippen molar-refractivity contribution in [2.75, 3.05) is 13.2 Å². The SMILES string of the molecule is O=C(N1C2CCC1CC(Cc1cccc3ccncc13)C2)C1(Cc2ccccc2)CCOCC1. The molecule has 0 N–H and O–H groups in total. The van der Waals surface area contributed by atoms with Crippen molar-refractivity contribution >= 4 is 16.7 Å². The zero-order chi connectivity index (χ0) is 23.0. The summed E-state index contributed by atoms with van der Waals surface area (Å²) in [4.78, 5) is 21.0. The van der Waals surface area contributed by atoms with E-state index in [9.17, 15) is 4.79 Å². The lowest BCUT2D eigenvalue weighted by molar-refractivity contribution is -0.153. The molecule has 3 aliphatic heterocycles. The van der Waals surface area contributed by atoms with Gasteiger partial charge in [0.15, 0.2) is 0 Å². The van der Waals surface area contributed by atoms with E-state index in [0.29, 0.717) is 37.1 Å². The summed E-state index contributed by atoms with van der Waals surface area (Å²) in [5.41, 5.74) is 2.36. The first-order chi connectivity index (χ1) is 16.7. The third-order valence-corrected chi connectivity index (χ3v) is 8.64. The van der Waals surface area contributed by atoms with Gasteiger partial charge in [-0.05, 0) is 79.9 Å². The molecule has 3 fully saturated rings. The Hall–Kier alpha value is -2.72. The Labute approximate surface area is 202 Å². The molecule has 3 saturated heterocycles. The number of hydrogen-bond acceptors (Lipinski definition) is 3. The molecule has 1 aromatic heterocycles. The summed E-state index contributed by atoms with van der Waals surface area (Å²) < 4.78 is 5.71. The van der Waals surface area contributed by atoms with E-state index in [4.69, 9.17) is 4.74 Å². The number of carbonyl (C=O) groups is 1. The molecule has 3 aliphatic rings. The summed E-state index contributed by atoms with van der Waals surface area (Å²) in [6.07, 6.45) is 12.0. The average molecular weight is 455 g/mol. The molecule has 0 spiro atoms. The molecule has 4 nitrogen and oxygen atoms in total. The largest absolute Gasteiger partial charge is 0.381 e. The van der Waals surface area contributed by atoms with Crippen LogP contribution in [0.25, 0.3) is 10.8 Å². The zero-order valence-corrected chi connectivity index (χ0v) is 19.9. The van der Waals surface area contributed by atoms with Gasteiger partial charge in [-0.25, -0.2) is 0 Å². The van der Waals surface area contributed by atoms with Crippen LogP contribution in [0.4, 0.5) is 0 Å². The Morgan fingerprint density at radius 1 is 0.971 bits per heavy atom. The summed E-state index contributed by atoms with van der Waals surface area (Å²) in [6.45, 7) is 1.39. The lowest BCUT2D eigenvalue weighted by Gasteiger charge is -2.46. The van der Waals surface area contributed by atoms with Crippen molar-refractivity contribution in [3.63, 3.8) is 0 Å². The predicted molar refractivity (Wildman–Crippen MR) is 134 cm³/mol. The van der Waals surface area contributed by atoms with E-state index < -0.39 is 0 Å². The van der Waals surface area contributed by atoms with Crippen molar-refractivity contribution in [3.05, 3.63) is 78.1 Å². The van der Waals surface area contributed by atoms with Crippen molar-refractivity contribution in [1.82, 2.24) is 9.88 Å². The summed E-state index contributed by atoms with van der Waals surface area (Å²) >= 11 is 0. The standard InChI is InChI=1S/C30H34N2O2/c33-29(30(12-15-34-16-13-30)20-22-5-2-1-3-6-22)32-26-9-10-27(32)19-23(18-26)17-25-8-4-7-24-11-14-31-21-28(24)25/h1-8,11,14,21,23,26-27H,9-10,12-13,15-20H2. The minimum Gasteiger partial charge on any atom is -0.381 e. The molecule has 0 saturated carbocycles. The number of benzene rings is 2. The first-order valence-electron chi connectivity index (χ1n) is 13.0. The number of fused-ring (bicyclic) bond motifs is 3. The number of hydrogen-bond donors (Lipinski definition) is 0. The quantitative estimate of drug-likeness (QED) is 0.505. The van der Waals surface area contributed by atoms with Gasteiger partial charge in [-0.15, -0.1) is 0 Å². The maximum Gasteiger partial charge on any atom is 0.229 e. The van der Waals surface area contributed by atoms with Gasteiger partial charge >= 0.3 is 0 Å². The fourth-order valence-corrected chi connectivity index (χ4v) is 6.94. The molecule has 2 unspecified atom stereocenters. The van der Waals surface area contributed by atoms with Crippen LogP contribution < -0.4 is 0 Å². The normalized spacial score (nSPS) is 26.0. The number of nitrogens with zero attached hydrogens (tertiary/aromatic N) is 2. The third kappa shape index (κ3) is 4.02. The van der Waals surface area contributed by atoms with Crippen molar-refractivity contribution in [3.8, 4) is 0 Å². The van der Waals surface area contributed by atoms with Crippen LogP contribution in [0.3, 0.4) is 0 Å². The number of amides is 1. The van der Waals surface area contributed by atoms with Gasteiger partial charge in [0.05, 0.1) is 5.41 Å². The van der Waals surface area contributed by atoms with Crippen LogP contribution in [0.15, 0.2) is 67.0 Å². The second-order valence-corrected chi connectivity index (χ2v) is 10.7. The van der Waals surface area contributed by atoms with Crippen LogP contribution in [-0.2, 0) is 22.4 Å². The Morgan fingerprint density at radius 2 is 1.74 bits per heavy atom. The molecule has 0 aliphatic carbocycles. The summed E-state index contributed by atoms with van der Waals surface area (Å²) in [5.74, 6) is 1.03. The second kappa shape index (κ2) is 9.14. The van der Waals surface area contributed by atoms with Crippen molar-refractivity contribution < 1.29 is 9.53 Å². The Balaban J connectivity index is 1.21. The smallest absolute Gasteiger partial charge is 0.229 e. The molecule has 2 bridgehead atoms. The van der Waals surface area contributed by atoms with Gasteiger partial charge in [0, 0.05) is 43.1 Å². The summed E-state index contributed by atoms with van der Waals surface area (Å²) in [5, 5.41) is 2.55. The molecule has 2 aromatic carbocycles. The van der Waals surface area contributed by atoms with Gasteiger partial charge in [0.25, 0.3) is 0 Å². The van der Waals surface area contributed by atoms with E-state index >= 15 is 0 Å². The van der Waals surface area contributed by atoms with Crippen LogP contribution in [0.2, 0.25) is 0 Å².